The van der Waals surface area contributed by atoms with Crippen molar-refractivity contribution in [2.75, 3.05) is 13.7 Å². The van der Waals surface area contributed by atoms with Crippen molar-refractivity contribution in [2.24, 2.45) is 5.41 Å². The van der Waals surface area contributed by atoms with E-state index < -0.39 is 8.56 Å². The molecule has 0 aliphatic heterocycles. The van der Waals surface area contributed by atoms with Crippen molar-refractivity contribution >= 4 is 8.56 Å². The molecule has 1 atom stereocenters. The molecular formula is C20H44O2Si. The second-order valence-electron chi connectivity index (χ2n) is 8.29. The zero-order chi connectivity index (χ0) is 17.6. The van der Waals surface area contributed by atoms with Gasteiger partial charge in [-0.25, -0.2) is 0 Å². The average Bonchev–Trinajstić information content (AvgIpc) is 2.51. The SMILES string of the molecule is CCCCCCCCCC[Si](CCCC)(OC)OCC(C)(C)C. The Morgan fingerprint density at radius 2 is 1.17 bits per heavy atom. The van der Waals surface area contributed by atoms with Crippen LogP contribution in [0.4, 0.5) is 0 Å². The van der Waals surface area contributed by atoms with Crippen molar-refractivity contribution in [3.05, 3.63) is 0 Å². The Balaban J connectivity index is 4.14. The maximum absolute atomic E-state index is 6.42. The largest absolute Gasteiger partial charge is 0.398 e. The van der Waals surface area contributed by atoms with E-state index in [-0.39, 0.29) is 5.41 Å². The summed E-state index contributed by atoms with van der Waals surface area (Å²) >= 11 is 0. The first kappa shape index (κ1) is 23.1. The van der Waals surface area contributed by atoms with Gasteiger partial charge in [0.05, 0.1) is 0 Å². The summed E-state index contributed by atoms with van der Waals surface area (Å²) < 4.78 is 12.4. The highest BCUT2D eigenvalue weighted by Gasteiger charge is 2.36. The van der Waals surface area contributed by atoms with E-state index in [1.54, 1.807) is 0 Å². The van der Waals surface area contributed by atoms with Gasteiger partial charge in [0.1, 0.15) is 0 Å². The summed E-state index contributed by atoms with van der Waals surface area (Å²) in [5.74, 6) is 0. The van der Waals surface area contributed by atoms with Crippen LogP contribution in [-0.2, 0) is 8.85 Å². The molecule has 0 fully saturated rings. The topological polar surface area (TPSA) is 18.5 Å². The molecule has 0 amide bonds. The molecule has 0 rings (SSSR count). The van der Waals surface area contributed by atoms with Crippen LogP contribution < -0.4 is 0 Å². The van der Waals surface area contributed by atoms with Gasteiger partial charge in [0.2, 0.25) is 0 Å². The fourth-order valence-electron chi connectivity index (χ4n) is 2.85. The van der Waals surface area contributed by atoms with Gasteiger partial charge < -0.3 is 8.85 Å². The predicted molar refractivity (Wildman–Crippen MR) is 105 cm³/mol. The van der Waals surface area contributed by atoms with Crippen molar-refractivity contribution < 1.29 is 8.85 Å². The molecule has 0 aromatic rings. The van der Waals surface area contributed by atoms with Gasteiger partial charge in [-0.05, 0) is 17.5 Å². The van der Waals surface area contributed by atoms with Crippen LogP contribution in [0, 0.1) is 5.41 Å². The minimum Gasteiger partial charge on any atom is -0.398 e. The molecule has 2 nitrogen and oxygen atoms in total. The summed E-state index contributed by atoms with van der Waals surface area (Å²) in [5, 5.41) is 0. The van der Waals surface area contributed by atoms with Crippen molar-refractivity contribution in [2.45, 2.75) is 111 Å². The fourth-order valence-corrected chi connectivity index (χ4v) is 6.30. The van der Waals surface area contributed by atoms with Gasteiger partial charge in [-0.2, -0.15) is 0 Å². The molecule has 0 aromatic heterocycles. The molecule has 0 aliphatic carbocycles. The maximum Gasteiger partial charge on any atom is 0.337 e. The smallest absolute Gasteiger partial charge is 0.337 e. The van der Waals surface area contributed by atoms with Crippen molar-refractivity contribution in [1.29, 1.82) is 0 Å². The molecule has 0 N–H and O–H groups in total. The number of hydrogen-bond donors (Lipinski definition) is 0. The summed E-state index contributed by atoms with van der Waals surface area (Å²) in [4.78, 5) is 0. The van der Waals surface area contributed by atoms with Crippen molar-refractivity contribution in [3.8, 4) is 0 Å². The van der Waals surface area contributed by atoms with Crippen LogP contribution in [-0.4, -0.2) is 22.3 Å². The first-order valence-electron chi connectivity index (χ1n) is 10.1. The Bertz CT molecular complexity index is 263. The highest BCUT2D eigenvalue weighted by Crippen LogP contribution is 2.27. The minimum absolute atomic E-state index is 0.224. The lowest BCUT2D eigenvalue weighted by atomic mass is 9.99. The van der Waals surface area contributed by atoms with Gasteiger partial charge in [-0.15, -0.1) is 0 Å². The van der Waals surface area contributed by atoms with Crippen LogP contribution in [0.2, 0.25) is 12.1 Å². The van der Waals surface area contributed by atoms with Crippen molar-refractivity contribution in [1.82, 2.24) is 0 Å². The molecular weight excluding hydrogens is 300 g/mol. The Labute approximate surface area is 148 Å². The Morgan fingerprint density at radius 3 is 1.65 bits per heavy atom. The van der Waals surface area contributed by atoms with E-state index in [2.05, 4.69) is 34.6 Å². The molecule has 0 saturated carbocycles. The van der Waals surface area contributed by atoms with Crippen molar-refractivity contribution in [3.63, 3.8) is 0 Å². The van der Waals surface area contributed by atoms with Crippen LogP contribution in [0.1, 0.15) is 98.8 Å². The molecule has 0 bridgehead atoms. The highest BCUT2D eigenvalue weighted by molar-refractivity contribution is 6.67. The van der Waals surface area contributed by atoms with E-state index in [1.165, 1.54) is 70.3 Å². The molecule has 0 aliphatic rings. The van der Waals surface area contributed by atoms with E-state index in [9.17, 15) is 0 Å². The van der Waals surface area contributed by atoms with Gasteiger partial charge in [0.25, 0.3) is 0 Å². The molecule has 23 heavy (non-hydrogen) atoms. The third kappa shape index (κ3) is 13.1. The average molecular weight is 345 g/mol. The zero-order valence-corrected chi connectivity index (χ0v) is 18.0. The Kier molecular flexibility index (Phi) is 13.5. The number of unbranched alkanes of at least 4 members (excludes halogenated alkanes) is 8. The molecule has 0 spiro atoms. The summed E-state index contributed by atoms with van der Waals surface area (Å²) in [6.07, 6.45) is 13.4. The van der Waals surface area contributed by atoms with Crippen LogP contribution in [0.15, 0.2) is 0 Å². The van der Waals surface area contributed by atoms with Gasteiger partial charge in [0.15, 0.2) is 0 Å². The van der Waals surface area contributed by atoms with Gasteiger partial charge in [-0.3, -0.25) is 0 Å². The second kappa shape index (κ2) is 13.4. The van der Waals surface area contributed by atoms with E-state index in [0.717, 1.165) is 12.7 Å². The van der Waals surface area contributed by atoms with Gasteiger partial charge >= 0.3 is 8.56 Å². The summed E-state index contributed by atoms with van der Waals surface area (Å²) in [7, 11) is -0.0972. The maximum atomic E-state index is 6.42. The quantitative estimate of drug-likeness (QED) is 0.233. The number of hydrogen-bond acceptors (Lipinski definition) is 2. The van der Waals surface area contributed by atoms with Crippen LogP contribution >= 0.6 is 0 Å². The standard InChI is InChI=1S/C20H44O2Si/c1-7-9-11-12-13-14-15-16-18-23(21-6,17-10-8-2)22-19-20(3,4)5/h7-19H2,1-6H3. The number of rotatable bonds is 15. The lowest BCUT2D eigenvalue weighted by molar-refractivity contribution is 0.134. The van der Waals surface area contributed by atoms with E-state index in [1.807, 2.05) is 7.11 Å². The lowest BCUT2D eigenvalue weighted by Crippen LogP contribution is -2.43. The van der Waals surface area contributed by atoms with Crippen LogP contribution in [0.3, 0.4) is 0 Å². The molecule has 0 radical (unpaired) electrons. The normalized spacial score (nSPS) is 14.9. The third-order valence-corrected chi connectivity index (χ3v) is 8.11. The highest BCUT2D eigenvalue weighted by atomic mass is 28.4. The monoisotopic (exact) mass is 344 g/mol. The minimum atomic E-state index is -1.98. The fraction of sp³-hybridized carbons (Fsp3) is 1.00. The van der Waals surface area contributed by atoms with Crippen LogP contribution in [0.5, 0.6) is 0 Å². The molecule has 0 heterocycles. The van der Waals surface area contributed by atoms with E-state index in [4.69, 9.17) is 8.85 Å². The molecule has 3 heteroatoms. The molecule has 0 saturated heterocycles. The Hall–Kier alpha value is 0.137. The predicted octanol–water partition coefficient (Wildman–Crippen LogP) is 7.08. The molecule has 140 valence electrons. The first-order valence-corrected chi connectivity index (χ1v) is 12.3. The van der Waals surface area contributed by atoms with Crippen LogP contribution in [0.25, 0.3) is 0 Å². The summed E-state index contributed by atoms with van der Waals surface area (Å²) in [6.45, 7) is 12.1. The summed E-state index contributed by atoms with van der Waals surface area (Å²) in [6, 6.07) is 2.33. The first-order chi connectivity index (χ1) is 10.9. The van der Waals surface area contributed by atoms with E-state index >= 15 is 0 Å². The molecule has 0 aromatic carbocycles. The second-order valence-corrected chi connectivity index (χ2v) is 11.8. The van der Waals surface area contributed by atoms with E-state index in [0.29, 0.717) is 0 Å². The molecule has 1 unspecified atom stereocenters. The zero-order valence-electron chi connectivity index (χ0n) is 17.0. The van der Waals surface area contributed by atoms with Gasteiger partial charge in [0, 0.05) is 13.7 Å². The lowest BCUT2D eigenvalue weighted by Gasteiger charge is -2.32. The summed E-state index contributed by atoms with van der Waals surface area (Å²) in [5.41, 5.74) is 0.224. The van der Waals surface area contributed by atoms with Gasteiger partial charge in [-0.1, -0.05) is 98.8 Å². The third-order valence-electron chi connectivity index (χ3n) is 4.46. The Morgan fingerprint density at radius 1 is 0.696 bits per heavy atom.